The summed E-state index contributed by atoms with van der Waals surface area (Å²) >= 11 is 0. The molecule has 0 saturated heterocycles. The van der Waals surface area contributed by atoms with Gasteiger partial charge >= 0.3 is 0 Å². The SMILES string of the molecule is Cc1c(C)n(CCCN)c2ccc(C(C)C)cc12. The standard InChI is InChI=1S/C16H24N2/c1-11(2)14-6-7-16-15(10-14)12(3)13(4)18(16)9-5-8-17/h6-7,10-11H,5,8-9,17H2,1-4H3. The quantitative estimate of drug-likeness (QED) is 0.873. The molecule has 1 aromatic carbocycles. The summed E-state index contributed by atoms with van der Waals surface area (Å²) in [4.78, 5) is 0. The number of fused-ring (bicyclic) bond motifs is 1. The Morgan fingerprint density at radius 2 is 1.94 bits per heavy atom. The summed E-state index contributed by atoms with van der Waals surface area (Å²) in [6, 6.07) is 6.87. The molecule has 2 heteroatoms. The minimum absolute atomic E-state index is 0.585. The van der Waals surface area contributed by atoms with E-state index in [0.717, 1.165) is 19.5 Å². The van der Waals surface area contributed by atoms with E-state index in [1.165, 1.54) is 27.7 Å². The van der Waals surface area contributed by atoms with Crippen molar-refractivity contribution in [1.82, 2.24) is 4.57 Å². The van der Waals surface area contributed by atoms with E-state index in [1.807, 2.05) is 0 Å². The number of nitrogens with zero attached hydrogens (tertiary/aromatic N) is 1. The molecule has 2 nitrogen and oxygen atoms in total. The first-order chi connectivity index (χ1) is 8.56. The van der Waals surface area contributed by atoms with Gasteiger partial charge in [0, 0.05) is 23.1 Å². The van der Waals surface area contributed by atoms with Crippen molar-refractivity contribution in [2.75, 3.05) is 6.54 Å². The van der Waals surface area contributed by atoms with Crippen LogP contribution in [-0.4, -0.2) is 11.1 Å². The molecular weight excluding hydrogens is 220 g/mol. The number of nitrogens with two attached hydrogens (primary N) is 1. The number of aromatic nitrogens is 1. The van der Waals surface area contributed by atoms with E-state index in [4.69, 9.17) is 5.73 Å². The predicted molar refractivity (Wildman–Crippen MR) is 79.2 cm³/mol. The average molecular weight is 244 g/mol. The molecule has 0 aliphatic rings. The zero-order chi connectivity index (χ0) is 13.3. The smallest absolute Gasteiger partial charge is 0.0485 e. The van der Waals surface area contributed by atoms with Gasteiger partial charge in [-0.05, 0) is 56.0 Å². The maximum Gasteiger partial charge on any atom is 0.0485 e. The van der Waals surface area contributed by atoms with Crippen LogP contribution in [0.15, 0.2) is 18.2 Å². The fourth-order valence-electron chi connectivity index (χ4n) is 2.56. The number of rotatable bonds is 4. The highest BCUT2D eigenvalue weighted by molar-refractivity contribution is 5.86. The fraction of sp³-hybridized carbons (Fsp3) is 0.500. The molecule has 1 heterocycles. The third-order valence-electron chi connectivity index (χ3n) is 3.92. The molecule has 0 aliphatic heterocycles. The van der Waals surface area contributed by atoms with Crippen LogP contribution < -0.4 is 5.73 Å². The highest BCUT2D eigenvalue weighted by Crippen LogP contribution is 2.28. The number of hydrogen-bond acceptors (Lipinski definition) is 1. The van der Waals surface area contributed by atoms with Crippen LogP contribution in [0.5, 0.6) is 0 Å². The van der Waals surface area contributed by atoms with Crippen molar-refractivity contribution in [3.05, 3.63) is 35.0 Å². The molecule has 0 fully saturated rings. The van der Waals surface area contributed by atoms with Crippen LogP contribution in [0.3, 0.4) is 0 Å². The Morgan fingerprint density at radius 1 is 1.22 bits per heavy atom. The summed E-state index contributed by atoms with van der Waals surface area (Å²) < 4.78 is 2.40. The van der Waals surface area contributed by atoms with Gasteiger partial charge in [-0.3, -0.25) is 0 Å². The van der Waals surface area contributed by atoms with Crippen molar-refractivity contribution in [2.24, 2.45) is 5.73 Å². The lowest BCUT2D eigenvalue weighted by molar-refractivity contribution is 0.655. The van der Waals surface area contributed by atoms with Crippen molar-refractivity contribution in [3.63, 3.8) is 0 Å². The van der Waals surface area contributed by atoms with Crippen LogP contribution in [0.2, 0.25) is 0 Å². The van der Waals surface area contributed by atoms with Gasteiger partial charge < -0.3 is 10.3 Å². The van der Waals surface area contributed by atoms with Gasteiger partial charge in [-0.1, -0.05) is 19.9 Å². The Balaban J connectivity index is 2.56. The van der Waals surface area contributed by atoms with Gasteiger partial charge in [-0.15, -0.1) is 0 Å². The highest BCUT2D eigenvalue weighted by atomic mass is 15.0. The summed E-state index contributed by atoms with van der Waals surface area (Å²) in [5.74, 6) is 0.585. The molecule has 0 atom stereocenters. The molecule has 0 radical (unpaired) electrons. The Labute approximate surface area is 110 Å². The number of hydrogen-bond donors (Lipinski definition) is 1. The van der Waals surface area contributed by atoms with Crippen LogP contribution in [0.25, 0.3) is 10.9 Å². The van der Waals surface area contributed by atoms with Gasteiger partial charge in [0.2, 0.25) is 0 Å². The van der Waals surface area contributed by atoms with Gasteiger partial charge in [-0.25, -0.2) is 0 Å². The highest BCUT2D eigenvalue weighted by Gasteiger charge is 2.11. The van der Waals surface area contributed by atoms with E-state index in [1.54, 1.807) is 0 Å². The molecule has 0 spiro atoms. The molecule has 2 rings (SSSR count). The zero-order valence-electron chi connectivity index (χ0n) is 12.0. The zero-order valence-corrected chi connectivity index (χ0v) is 12.0. The monoisotopic (exact) mass is 244 g/mol. The fourth-order valence-corrected chi connectivity index (χ4v) is 2.56. The first-order valence-corrected chi connectivity index (χ1v) is 6.85. The average Bonchev–Trinajstić information content (AvgIpc) is 2.60. The molecule has 0 aliphatic carbocycles. The van der Waals surface area contributed by atoms with Crippen molar-refractivity contribution in [3.8, 4) is 0 Å². The van der Waals surface area contributed by atoms with Crippen molar-refractivity contribution in [2.45, 2.75) is 46.6 Å². The van der Waals surface area contributed by atoms with Gasteiger partial charge in [0.15, 0.2) is 0 Å². The molecule has 18 heavy (non-hydrogen) atoms. The topological polar surface area (TPSA) is 30.9 Å². The largest absolute Gasteiger partial charge is 0.345 e. The van der Waals surface area contributed by atoms with E-state index in [9.17, 15) is 0 Å². The van der Waals surface area contributed by atoms with Crippen LogP contribution in [0, 0.1) is 13.8 Å². The lowest BCUT2D eigenvalue weighted by Crippen LogP contribution is -2.06. The van der Waals surface area contributed by atoms with Crippen molar-refractivity contribution < 1.29 is 0 Å². The first kappa shape index (κ1) is 13.2. The summed E-state index contributed by atoms with van der Waals surface area (Å²) in [5, 5.41) is 1.40. The minimum atomic E-state index is 0.585. The summed E-state index contributed by atoms with van der Waals surface area (Å²) in [7, 11) is 0. The summed E-state index contributed by atoms with van der Waals surface area (Å²) in [6.07, 6.45) is 1.04. The van der Waals surface area contributed by atoms with Crippen LogP contribution >= 0.6 is 0 Å². The molecule has 0 bridgehead atoms. The Morgan fingerprint density at radius 3 is 2.56 bits per heavy atom. The van der Waals surface area contributed by atoms with E-state index in [2.05, 4.69) is 50.5 Å². The second-order valence-corrected chi connectivity index (χ2v) is 5.44. The molecule has 1 aromatic heterocycles. The molecular formula is C16H24N2. The molecule has 0 unspecified atom stereocenters. The van der Waals surface area contributed by atoms with Gasteiger partial charge in [0.25, 0.3) is 0 Å². The summed E-state index contributed by atoms with van der Waals surface area (Å²) in [6.45, 7) is 10.7. The maximum absolute atomic E-state index is 5.63. The normalized spacial score (nSPS) is 11.7. The lowest BCUT2D eigenvalue weighted by atomic mass is 10.0. The van der Waals surface area contributed by atoms with Crippen molar-refractivity contribution >= 4 is 10.9 Å². The number of benzene rings is 1. The number of aryl methyl sites for hydroxylation is 2. The molecule has 0 saturated carbocycles. The Kier molecular flexibility index (Phi) is 3.76. The van der Waals surface area contributed by atoms with Gasteiger partial charge in [0.05, 0.1) is 0 Å². The third kappa shape index (κ3) is 2.17. The van der Waals surface area contributed by atoms with E-state index in [0.29, 0.717) is 5.92 Å². The summed E-state index contributed by atoms with van der Waals surface area (Å²) in [5.41, 5.74) is 11.2. The molecule has 98 valence electrons. The molecule has 2 N–H and O–H groups in total. The van der Waals surface area contributed by atoms with Crippen LogP contribution in [0.1, 0.15) is 43.0 Å². The first-order valence-electron chi connectivity index (χ1n) is 6.85. The van der Waals surface area contributed by atoms with E-state index >= 15 is 0 Å². The second kappa shape index (κ2) is 5.15. The predicted octanol–water partition coefficient (Wildman–Crippen LogP) is 3.73. The van der Waals surface area contributed by atoms with Crippen LogP contribution in [0.4, 0.5) is 0 Å². The van der Waals surface area contributed by atoms with Gasteiger partial charge in [-0.2, -0.15) is 0 Å². The molecule has 0 amide bonds. The minimum Gasteiger partial charge on any atom is -0.345 e. The lowest BCUT2D eigenvalue weighted by Gasteiger charge is -2.09. The van der Waals surface area contributed by atoms with Crippen molar-refractivity contribution in [1.29, 1.82) is 0 Å². The van der Waals surface area contributed by atoms with Crippen LogP contribution in [-0.2, 0) is 6.54 Å². The third-order valence-corrected chi connectivity index (χ3v) is 3.92. The second-order valence-electron chi connectivity index (χ2n) is 5.44. The van der Waals surface area contributed by atoms with E-state index < -0.39 is 0 Å². The Bertz CT molecular complexity index is 550. The molecule has 2 aromatic rings. The van der Waals surface area contributed by atoms with E-state index in [-0.39, 0.29) is 0 Å². The Hall–Kier alpha value is -1.28. The maximum atomic E-state index is 5.63. The van der Waals surface area contributed by atoms with Gasteiger partial charge in [0.1, 0.15) is 0 Å².